The van der Waals surface area contributed by atoms with Crippen molar-refractivity contribution in [1.82, 2.24) is 19.7 Å². The van der Waals surface area contributed by atoms with Crippen LogP contribution in [-0.2, 0) is 6.54 Å². The monoisotopic (exact) mass is 390 g/mol. The number of imide groups is 1. The highest BCUT2D eigenvalue weighted by atomic mass is 16.2. The van der Waals surface area contributed by atoms with Crippen LogP contribution in [0.25, 0.3) is 0 Å². The summed E-state index contributed by atoms with van der Waals surface area (Å²) in [6.07, 6.45) is 5.08. The summed E-state index contributed by atoms with van der Waals surface area (Å²) in [5, 5.41) is 0. The van der Waals surface area contributed by atoms with Gasteiger partial charge in [0.25, 0.3) is 17.7 Å². The van der Waals surface area contributed by atoms with Crippen LogP contribution in [0.2, 0.25) is 0 Å². The number of hydrogen-bond acceptors (Lipinski definition) is 5. The number of benzene rings is 1. The summed E-state index contributed by atoms with van der Waals surface area (Å²) in [4.78, 5) is 47.0. The molecule has 7 heteroatoms. The van der Waals surface area contributed by atoms with Crippen molar-refractivity contribution in [3.63, 3.8) is 0 Å². The molecule has 1 fully saturated rings. The Hall–Kier alpha value is -3.32. The largest absolute Gasteiger partial charge is 0.336 e. The normalized spacial score (nSPS) is 16.8. The van der Waals surface area contributed by atoms with Crippen molar-refractivity contribution in [3.05, 3.63) is 77.6 Å². The molecule has 0 atom stereocenters. The maximum Gasteiger partial charge on any atom is 0.261 e. The van der Waals surface area contributed by atoms with Gasteiger partial charge in [0.2, 0.25) is 0 Å². The van der Waals surface area contributed by atoms with E-state index in [1.54, 1.807) is 35.5 Å². The third-order valence-corrected chi connectivity index (χ3v) is 5.34. The molecule has 4 rings (SSSR count). The molecule has 7 nitrogen and oxygen atoms in total. The summed E-state index contributed by atoms with van der Waals surface area (Å²) in [5.74, 6) is -0.825. The second-order valence-corrected chi connectivity index (χ2v) is 7.19. The lowest BCUT2D eigenvalue weighted by molar-refractivity contribution is 0.0627. The molecular formula is C22H22N4O3. The quantitative estimate of drug-likeness (QED) is 0.575. The minimum absolute atomic E-state index is 0.112. The molecule has 29 heavy (non-hydrogen) atoms. The van der Waals surface area contributed by atoms with Crippen molar-refractivity contribution < 1.29 is 14.4 Å². The Bertz CT molecular complexity index is 965. The SMILES string of the molecule is C=CCN1C(=O)c2ccc(C(=O)N3CCN(Cc4ccncc4)CC3)cc2C1=O. The highest BCUT2D eigenvalue weighted by Gasteiger charge is 2.35. The molecule has 3 heterocycles. The molecule has 0 radical (unpaired) electrons. The van der Waals surface area contributed by atoms with Crippen LogP contribution in [0.15, 0.2) is 55.4 Å². The zero-order valence-electron chi connectivity index (χ0n) is 16.1. The second-order valence-electron chi connectivity index (χ2n) is 7.19. The minimum Gasteiger partial charge on any atom is -0.336 e. The average Bonchev–Trinajstić information content (AvgIpc) is 2.99. The van der Waals surface area contributed by atoms with E-state index < -0.39 is 0 Å². The summed E-state index contributed by atoms with van der Waals surface area (Å²) >= 11 is 0. The van der Waals surface area contributed by atoms with E-state index in [2.05, 4.69) is 16.5 Å². The molecule has 2 aliphatic heterocycles. The third kappa shape index (κ3) is 3.69. The van der Waals surface area contributed by atoms with Gasteiger partial charge in [0.1, 0.15) is 0 Å². The van der Waals surface area contributed by atoms with Gasteiger partial charge in [-0.2, -0.15) is 0 Å². The molecule has 0 bridgehead atoms. The molecule has 0 aliphatic carbocycles. The van der Waals surface area contributed by atoms with Crippen molar-refractivity contribution in [2.45, 2.75) is 6.54 Å². The van der Waals surface area contributed by atoms with Crippen LogP contribution < -0.4 is 0 Å². The second kappa shape index (κ2) is 7.97. The number of rotatable bonds is 5. The molecule has 1 aromatic carbocycles. The van der Waals surface area contributed by atoms with Crippen LogP contribution in [0, 0.1) is 0 Å². The average molecular weight is 390 g/mol. The fraction of sp³-hybridized carbons (Fsp3) is 0.273. The highest BCUT2D eigenvalue weighted by molar-refractivity contribution is 6.22. The molecule has 0 unspecified atom stereocenters. The number of nitrogens with zero attached hydrogens (tertiary/aromatic N) is 4. The molecule has 0 spiro atoms. The Balaban J connectivity index is 1.42. The van der Waals surface area contributed by atoms with Gasteiger partial charge in [-0.1, -0.05) is 6.08 Å². The lowest BCUT2D eigenvalue weighted by Gasteiger charge is -2.34. The van der Waals surface area contributed by atoms with Crippen molar-refractivity contribution in [2.75, 3.05) is 32.7 Å². The van der Waals surface area contributed by atoms with Crippen LogP contribution in [0.1, 0.15) is 36.6 Å². The first kappa shape index (κ1) is 19.0. The van der Waals surface area contributed by atoms with Crippen LogP contribution in [0.3, 0.4) is 0 Å². The predicted molar refractivity (Wildman–Crippen MR) is 107 cm³/mol. The Labute approximate surface area is 169 Å². The third-order valence-electron chi connectivity index (χ3n) is 5.34. The first-order valence-electron chi connectivity index (χ1n) is 9.60. The number of piperazine rings is 1. The number of carbonyl (C=O) groups is 3. The van der Waals surface area contributed by atoms with Gasteiger partial charge in [0.15, 0.2) is 0 Å². The number of amides is 3. The van der Waals surface area contributed by atoms with Gasteiger partial charge in [-0.25, -0.2) is 0 Å². The van der Waals surface area contributed by atoms with E-state index in [0.29, 0.717) is 29.8 Å². The Morgan fingerprint density at radius 3 is 2.38 bits per heavy atom. The maximum atomic E-state index is 12.9. The Kier molecular flexibility index (Phi) is 5.22. The first-order valence-corrected chi connectivity index (χ1v) is 9.60. The van der Waals surface area contributed by atoms with Gasteiger partial charge in [0.05, 0.1) is 11.1 Å². The zero-order chi connectivity index (χ0) is 20.4. The summed E-state index contributed by atoms with van der Waals surface area (Å²) in [5.41, 5.74) is 2.27. The van der Waals surface area contributed by atoms with Gasteiger partial charge < -0.3 is 4.90 Å². The number of fused-ring (bicyclic) bond motifs is 1. The number of carbonyl (C=O) groups excluding carboxylic acids is 3. The van der Waals surface area contributed by atoms with E-state index in [1.807, 2.05) is 12.1 Å². The summed E-state index contributed by atoms with van der Waals surface area (Å²) in [7, 11) is 0. The van der Waals surface area contributed by atoms with Crippen LogP contribution in [-0.4, -0.2) is 70.1 Å². The summed E-state index contributed by atoms with van der Waals surface area (Å²) in [6.45, 7) is 7.38. The number of pyridine rings is 1. The maximum absolute atomic E-state index is 12.9. The van der Waals surface area contributed by atoms with Crippen LogP contribution in [0.5, 0.6) is 0 Å². The zero-order valence-corrected chi connectivity index (χ0v) is 16.1. The van der Waals surface area contributed by atoms with E-state index in [0.717, 1.165) is 24.5 Å². The van der Waals surface area contributed by atoms with Crippen molar-refractivity contribution in [2.24, 2.45) is 0 Å². The molecule has 2 aliphatic rings. The summed E-state index contributed by atoms with van der Waals surface area (Å²) in [6, 6.07) is 8.75. The van der Waals surface area contributed by atoms with E-state index >= 15 is 0 Å². The lowest BCUT2D eigenvalue weighted by atomic mass is 10.0. The molecule has 148 valence electrons. The molecule has 0 saturated carbocycles. The molecule has 1 saturated heterocycles. The fourth-order valence-electron chi connectivity index (χ4n) is 3.76. The molecule has 0 N–H and O–H groups in total. The highest BCUT2D eigenvalue weighted by Crippen LogP contribution is 2.24. The number of aromatic nitrogens is 1. The van der Waals surface area contributed by atoms with Gasteiger partial charge in [-0.15, -0.1) is 6.58 Å². The number of hydrogen-bond donors (Lipinski definition) is 0. The fourth-order valence-corrected chi connectivity index (χ4v) is 3.76. The lowest BCUT2D eigenvalue weighted by Crippen LogP contribution is -2.48. The van der Waals surface area contributed by atoms with Crippen molar-refractivity contribution in [3.8, 4) is 0 Å². The minimum atomic E-state index is -0.373. The van der Waals surface area contributed by atoms with Crippen molar-refractivity contribution >= 4 is 17.7 Å². The first-order chi connectivity index (χ1) is 14.1. The molecule has 3 amide bonds. The van der Waals surface area contributed by atoms with E-state index in [1.165, 1.54) is 11.6 Å². The van der Waals surface area contributed by atoms with Gasteiger partial charge >= 0.3 is 0 Å². The Morgan fingerprint density at radius 2 is 1.69 bits per heavy atom. The standard InChI is InChI=1S/C22H22N4O3/c1-2-9-26-21(28)18-4-3-17(14-19(18)22(26)29)20(27)25-12-10-24(11-13-25)15-16-5-7-23-8-6-16/h2-8,14H,1,9-13,15H2. The topological polar surface area (TPSA) is 73.8 Å². The van der Waals surface area contributed by atoms with Crippen LogP contribution >= 0.6 is 0 Å². The molecule has 1 aromatic heterocycles. The predicted octanol–water partition coefficient (Wildman–Crippen LogP) is 1.82. The summed E-state index contributed by atoms with van der Waals surface area (Å²) < 4.78 is 0. The Morgan fingerprint density at radius 1 is 1.00 bits per heavy atom. The van der Waals surface area contributed by atoms with E-state index in [4.69, 9.17) is 0 Å². The van der Waals surface area contributed by atoms with Gasteiger partial charge in [0, 0.05) is 57.2 Å². The van der Waals surface area contributed by atoms with Crippen LogP contribution in [0.4, 0.5) is 0 Å². The molecular weight excluding hydrogens is 368 g/mol. The van der Waals surface area contributed by atoms with Crippen molar-refractivity contribution in [1.29, 1.82) is 0 Å². The van der Waals surface area contributed by atoms with Gasteiger partial charge in [-0.05, 0) is 35.9 Å². The smallest absolute Gasteiger partial charge is 0.261 e. The van der Waals surface area contributed by atoms with Gasteiger partial charge in [-0.3, -0.25) is 29.2 Å². The van der Waals surface area contributed by atoms with E-state index in [9.17, 15) is 14.4 Å². The van der Waals surface area contributed by atoms with E-state index in [-0.39, 0.29) is 24.3 Å². The molecule has 2 aromatic rings.